The highest BCUT2D eigenvalue weighted by Gasteiger charge is 2.28. The lowest BCUT2D eigenvalue weighted by atomic mass is 9.87. The maximum absolute atomic E-state index is 12.2. The number of aromatic carboxylic acids is 1. The van der Waals surface area contributed by atoms with Crippen LogP contribution in [0.2, 0.25) is 0 Å². The molecule has 2 rings (SSSR count). The highest BCUT2D eigenvalue weighted by atomic mass is 16.5. The number of rotatable bonds is 7. The number of ether oxygens (including phenoxy) is 2. The number of carbonyl (C=O) groups is 2. The molecular formula is C18H24O5. The van der Waals surface area contributed by atoms with Gasteiger partial charge in [0, 0.05) is 6.61 Å². The topological polar surface area (TPSA) is 72.8 Å². The van der Waals surface area contributed by atoms with E-state index in [0.717, 1.165) is 45.1 Å². The Bertz CT molecular complexity index is 515. The molecule has 1 aliphatic carbocycles. The van der Waals surface area contributed by atoms with Gasteiger partial charge in [-0.05, 0) is 56.4 Å². The quantitative estimate of drug-likeness (QED) is 0.471. The summed E-state index contributed by atoms with van der Waals surface area (Å²) in [6.07, 6.45) is 5.81. The molecule has 5 heteroatoms. The number of carboxylic acids is 1. The van der Waals surface area contributed by atoms with Crippen molar-refractivity contribution in [3.63, 3.8) is 0 Å². The predicted molar refractivity (Wildman–Crippen MR) is 85.6 cm³/mol. The van der Waals surface area contributed by atoms with E-state index in [1.165, 1.54) is 24.3 Å². The van der Waals surface area contributed by atoms with Crippen molar-refractivity contribution in [3.8, 4) is 5.75 Å². The van der Waals surface area contributed by atoms with Crippen LogP contribution in [0.1, 0.15) is 55.8 Å². The summed E-state index contributed by atoms with van der Waals surface area (Å²) in [5, 5.41) is 8.84. The lowest BCUT2D eigenvalue weighted by Gasteiger charge is -2.27. The Morgan fingerprint density at radius 1 is 1.13 bits per heavy atom. The largest absolute Gasteiger partial charge is 0.478 e. The van der Waals surface area contributed by atoms with Gasteiger partial charge in [0.1, 0.15) is 5.75 Å². The fraction of sp³-hybridized carbons (Fsp3) is 0.556. The van der Waals surface area contributed by atoms with Gasteiger partial charge in [-0.2, -0.15) is 0 Å². The molecule has 23 heavy (non-hydrogen) atoms. The summed E-state index contributed by atoms with van der Waals surface area (Å²) in [4.78, 5) is 23.0. The minimum atomic E-state index is -0.996. The first-order valence-corrected chi connectivity index (χ1v) is 8.26. The van der Waals surface area contributed by atoms with Crippen molar-refractivity contribution in [2.75, 3.05) is 6.61 Å². The van der Waals surface area contributed by atoms with Crippen LogP contribution in [-0.2, 0) is 9.53 Å². The molecule has 1 aromatic rings. The summed E-state index contributed by atoms with van der Waals surface area (Å²) in [7, 11) is 0. The van der Waals surface area contributed by atoms with Crippen LogP contribution in [0, 0.1) is 5.92 Å². The van der Waals surface area contributed by atoms with Gasteiger partial charge in [-0.25, -0.2) is 4.79 Å². The Morgan fingerprint density at radius 2 is 1.78 bits per heavy atom. The molecule has 0 unspecified atom stereocenters. The third kappa shape index (κ3) is 5.36. The Morgan fingerprint density at radius 3 is 2.35 bits per heavy atom. The zero-order valence-corrected chi connectivity index (χ0v) is 13.5. The van der Waals surface area contributed by atoms with E-state index < -0.39 is 5.97 Å². The highest BCUT2D eigenvalue weighted by molar-refractivity contribution is 5.87. The smallest absolute Gasteiger partial charge is 0.335 e. The van der Waals surface area contributed by atoms with Crippen LogP contribution < -0.4 is 4.74 Å². The Kier molecular flexibility index (Phi) is 6.59. The molecule has 126 valence electrons. The van der Waals surface area contributed by atoms with Crippen LogP contribution in [0.5, 0.6) is 5.75 Å². The van der Waals surface area contributed by atoms with Gasteiger partial charge in [-0.3, -0.25) is 4.79 Å². The molecule has 0 radical (unpaired) electrons. The molecule has 0 bridgehead atoms. The first kappa shape index (κ1) is 17.5. The molecule has 0 aromatic heterocycles. The van der Waals surface area contributed by atoms with E-state index in [1.807, 2.05) is 0 Å². The second-order valence-electron chi connectivity index (χ2n) is 5.95. The minimum Gasteiger partial charge on any atom is -0.478 e. The van der Waals surface area contributed by atoms with Crippen LogP contribution in [0.25, 0.3) is 0 Å². The predicted octanol–water partition coefficient (Wildman–Crippen LogP) is 3.67. The van der Waals surface area contributed by atoms with Gasteiger partial charge in [-0.15, -0.1) is 0 Å². The maximum atomic E-state index is 12.2. The summed E-state index contributed by atoms with van der Waals surface area (Å²) in [5.41, 5.74) is 0.175. The summed E-state index contributed by atoms with van der Waals surface area (Å²) >= 11 is 0. The van der Waals surface area contributed by atoms with Crippen molar-refractivity contribution in [2.45, 2.75) is 51.6 Å². The third-order valence-corrected chi connectivity index (χ3v) is 4.18. The van der Waals surface area contributed by atoms with Crippen LogP contribution in [0.15, 0.2) is 24.3 Å². The number of hydrogen-bond acceptors (Lipinski definition) is 4. The Hall–Kier alpha value is -1.88. The molecule has 0 spiro atoms. The molecule has 1 fully saturated rings. The lowest BCUT2D eigenvalue weighted by Crippen LogP contribution is -2.29. The summed E-state index contributed by atoms with van der Waals surface area (Å²) < 4.78 is 11.1. The van der Waals surface area contributed by atoms with E-state index in [2.05, 4.69) is 6.92 Å². The van der Waals surface area contributed by atoms with Crippen LogP contribution >= 0.6 is 0 Å². The molecule has 1 aromatic carbocycles. The Labute approximate surface area is 136 Å². The minimum absolute atomic E-state index is 0.0971. The molecule has 1 aliphatic rings. The van der Waals surface area contributed by atoms with Crippen molar-refractivity contribution < 1.29 is 24.2 Å². The van der Waals surface area contributed by atoms with Gasteiger partial charge in [0.05, 0.1) is 17.6 Å². The van der Waals surface area contributed by atoms with Gasteiger partial charge >= 0.3 is 11.9 Å². The maximum Gasteiger partial charge on any atom is 0.335 e. The lowest BCUT2D eigenvalue weighted by molar-refractivity contribution is -0.141. The van der Waals surface area contributed by atoms with E-state index in [0.29, 0.717) is 5.75 Å². The van der Waals surface area contributed by atoms with Crippen molar-refractivity contribution >= 4 is 11.9 Å². The molecule has 0 amide bonds. The normalized spacial score (nSPS) is 20.9. The molecule has 0 saturated heterocycles. The highest BCUT2D eigenvalue weighted by Crippen LogP contribution is 2.28. The standard InChI is InChI=1S/C18H24O5/c1-2-3-12-22-15-8-6-14(7-9-15)18(21)23-16-10-4-13(5-11-16)17(19)20/h4-5,10-11,14-15H,2-3,6-9,12H2,1H3,(H,19,20). The number of benzene rings is 1. The molecule has 0 aliphatic heterocycles. The van der Waals surface area contributed by atoms with Gasteiger partial charge in [0.25, 0.3) is 0 Å². The van der Waals surface area contributed by atoms with E-state index in [4.69, 9.17) is 14.6 Å². The number of carbonyl (C=O) groups excluding carboxylic acids is 1. The molecule has 1 saturated carbocycles. The van der Waals surface area contributed by atoms with Gasteiger partial charge < -0.3 is 14.6 Å². The fourth-order valence-corrected chi connectivity index (χ4v) is 2.72. The number of esters is 1. The average Bonchev–Trinajstić information content (AvgIpc) is 2.56. The SMILES string of the molecule is CCCCOC1CCC(C(=O)Oc2ccc(C(=O)O)cc2)CC1. The number of hydrogen-bond donors (Lipinski definition) is 1. The second-order valence-corrected chi connectivity index (χ2v) is 5.95. The van der Waals surface area contributed by atoms with Crippen molar-refractivity contribution in [1.29, 1.82) is 0 Å². The molecule has 0 atom stereocenters. The molecular weight excluding hydrogens is 296 g/mol. The van der Waals surface area contributed by atoms with Crippen molar-refractivity contribution in [2.24, 2.45) is 5.92 Å². The third-order valence-electron chi connectivity index (χ3n) is 4.18. The first-order valence-electron chi connectivity index (χ1n) is 8.26. The van der Waals surface area contributed by atoms with Gasteiger partial charge in [0.15, 0.2) is 0 Å². The monoisotopic (exact) mass is 320 g/mol. The Balaban J connectivity index is 1.77. The van der Waals surface area contributed by atoms with E-state index in [1.54, 1.807) is 0 Å². The summed E-state index contributed by atoms with van der Waals surface area (Å²) in [6.45, 7) is 2.94. The van der Waals surface area contributed by atoms with Gasteiger partial charge in [-0.1, -0.05) is 13.3 Å². The molecule has 5 nitrogen and oxygen atoms in total. The van der Waals surface area contributed by atoms with Crippen LogP contribution in [-0.4, -0.2) is 29.8 Å². The van der Waals surface area contributed by atoms with Crippen molar-refractivity contribution in [1.82, 2.24) is 0 Å². The zero-order valence-electron chi connectivity index (χ0n) is 13.5. The van der Waals surface area contributed by atoms with Crippen LogP contribution in [0.3, 0.4) is 0 Å². The van der Waals surface area contributed by atoms with E-state index in [9.17, 15) is 9.59 Å². The zero-order chi connectivity index (χ0) is 16.7. The van der Waals surface area contributed by atoms with Gasteiger partial charge in [0.2, 0.25) is 0 Å². The number of carboxylic acid groups (broad SMARTS) is 1. The number of unbranched alkanes of at least 4 members (excludes halogenated alkanes) is 1. The second kappa shape index (κ2) is 8.67. The van der Waals surface area contributed by atoms with E-state index >= 15 is 0 Å². The van der Waals surface area contributed by atoms with E-state index in [-0.39, 0.29) is 23.6 Å². The van der Waals surface area contributed by atoms with Crippen LogP contribution in [0.4, 0.5) is 0 Å². The van der Waals surface area contributed by atoms with Crippen molar-refractivity contribution in [3.05, 3.63) is 29.8 Å². The molecule has 0 heterocycles. The average molecular weight is 320 g/mol. The fourth-order valence-electron chi connectivity index (χ4n) is 2.72. The first-order chi connectivity index (χ1) is 11.1. The summed E-state index contributed by atoms with van der Waals surface area (Å²) in [5.74, 6) is -0.939. The summed E-state index contributed by atoms with van der Waals surface area (Å²) in [6, 6.07) is 5.90. The molecule has 1 N–H and O–H groups in total.